The van der Waals surface area contributed by atoms with Crippen LogP contribution in [0.5, 0.6) is 5.75 Å². The normalized spacial score (nSPS) is 11.0. The van der Waals surface area contributed by atoms with Gasteiger partial charge in [0.15, 0.2) is 0 Å². The lowest BCUT2D eigenvalue weighted by Gasteiger charge is -2.10. The second-order valence-corrected chi connectivity index (χ2v) is 8.14. The fourth-order valence-electron chi connectivity index (χ4n) is 3.35. The van der Waals surface area contributed by atoms with E-state index in [0.717, 1.165) is 30.0 Å². The molecule has 0 amide bonds. The summed E-state index contributed by atoms with van der Waals surface area (Å²) >= 11 is 1.19. The van der Waals surface area contributed by atoms with Crippen molar-refractivity contribution in [2.45, 2.75) is 84.0 Å². The molecule has 0 aliphatic carbocycles. The van der Waals surface area contributed by atoms with E-state index in [-0.39, 0.29) is 4.87 Å². The molecule has 0 atom stereocenters. The minimum absolute atomic E-state index is 0.0271. The number of hydrogen-bond acceptors (Lipinski definition) is 3. The van der Waals surface area contributed by atoms with Crippen LogP contribution in [-0.2, 0) is 0 Å². The molecule has 4 heteroatoms. The Morgan fingerprint density at radius 2 is 1.44 bits per heavy atom. The van der Waals surface area contributed by atoms with E-state index in [1.807, 2.05) is 29.6 Å². The largest absolute Gasteiger partial charge is 0.493 e. The van der Waals surface area contributed by atoms with Gasteiger partial charge in [0.1, 0.15) is 5.75 Å². The van der Waals surface area contributed by atoms with E-state index in [4.69, 9.17) is 4.74 Å². The van der Waals surface area contributed by atoms with Crippen LogP contribution in [0.4, 0.5) is 0 Å². The summed E-state index contributed by atoms with van der Waals surface area (Å²) in [5.41, 5.74) is 1.81. The van der Waals surface area contributed by atoms with Gasteiger partial charge in [0.25, 0.3) is 0 Å². The quantitative estimate of drug-likeness (QED) is 0.328. The van der Waals surface area contributed by atoms with Crippen molar-refractivity contribution in [3.05, 3.63) is 39.3 Å². The lowest BCUT2D eigenvalue weighted by Crippen LogP contribution is -2.00. The molecule has 0 bridgehead atoms. The van der Waals surface area contributed by atoms with Gasteiger partial charge in [-0.1, -0.05) is 101 Å². The van der Waals surface area contributed by atoms with Crippen molar-refractivity contribution < 1.29 is 4.74 Å². The van der Waals surface area contributed by atoms with E-state index < -0.39 is 0 Å². The minimum Gasteiger partial charge on any atom is -0.493 e. The van der Waals surface area contributed by atoms with Crippen molar-refractivity contribution in [2.24, 2.45) is 0 Å². The maximum Gasteiger partial charge on any atom is 0.304 e. The molecule has 0 spiro atoms. The second-order valence-electron chi connectivity index (χ2n) is 7.30. The number of ether oxygens (including phenoxy) is 1. The molecule has 2 aromatic rings. The first kappa shape index (κ1) is 21.7. The summed E-state index contributed by atoms with van der Waals surface area (Å²) in [6, 6.07) is 7.93. The first-order valence-electron chi connectivity index (χ1n) is 10.7. The van der Waals surface area contributed by atoms with Crippen LogP contribution >= 0.6 is 11.3 Å². The molecule has 0 aliphatic heterocycles. The van der Waals surface area contributed by atoms with Crippen LogP contribution in [0.15, 0.2) is 34.4 Å². The summed E-state index contributed by atoms with van der Waals surface area (Å²) in [4.78, 5) is 14.2. The number of aromatic amines is 1. The van der Waals surface area contributed by atoms with Gasteiger partial charge < -0.3 is 9.72 Å². The Labute approximate surface area is 168 Å². The SMILES string of the molecule is CCCCCCCCCCCCCCOc1ccccc1-c1csc(=O)[nH]1. The Bertz CT molecular complexity index is 677. The van der Waals surface area contributed by atoms with Crippen LogP contribution in [0.25, 0.3) is 11.3 Å². The molecule has 0 unspecified atom stereocenters. The van der Waals surface area contributed by atoms with E-state index in [0.29, 0.717) is 0 Å². The van der Waals surface area contributed by atoms with Crippen molar-refractivity contribution in [1.82, 2.24) is 4.98 Å². The van der Waals surface area contributed by atoms with Gasteiger partial charge in [0.05, 0.1) is 12.3 Å². The summed E-state index contributed by atoms with van der Waals surface area (Å²) in [5.74, 6) is 0.856. The van der Waals surface area contributed by atoms with Gasteiger partial charge in [0.2, 0.25) is 0 Å². The topological polar surface area (TPSA) is 42.1 Å². The third kappa shape index (κ3) is 8.79. The maximum atomic E-state index is 11.4. The number of para-hydroxylation sites is 1. The fourth-order valence-corrected chi connectivity index (χ4v) is 3.93. The number of hydrogen-bond donors (Lipinski definition) is 1. The highest BCUT2D eigenvalue weighted by atomic mass is 32.1. The summed E-state index contributed by atoms with van der Waals surface area (Å²) in [6.45, 7) is 3.01. The standard InChI is InChI=1S/C23H35NO2S/c1-2-3-4-5-6-7-8-9-10-11-12-15-18-26-22-17-14-13-16-20(22)21-19-27-23(25)24-21/h13-14,16-17,19H,2-12,15,18H2,1H3,(H,24,25). The average Bonchev–Trinajstić information content (AvgIpc) is 3.12. The van der Waals surface area contributed by atoms with Crippen molar-refractivity contribution in [3.8, 4) is 17.0 Å². The molecule has 1 aromatic heterocycles. The molecular formula is C23H35NO2S. The van der Waals surface area contributed by atoms with Gasteiger partial charge in [-0.05, 0) is 18.6 Å². The lowest BCUT2D eigenvalue weighted by molar-refractivity contribution is 0.305. The van der Waals surface area contributed by atoms with E-state index in [1.165, 1.54) is 82.0 Å². The minimum atomic E-state index is -0.0271. The number of rotatable bonds is 15. The highest BCUT2D eigenvalue weighted by Crippen LogP contribution is 2.28. The molecule has 0 aliphatic rings. The van der Waals surface area contributed by atoms with Crippen molar-refractivity contribution >= 4 is 11.3 Å². The first-order valence-corrected chi connectivity index (χ1v) is 11.6. The van der Waals surface area contributed by atoms with E-state index in [9.17, 15) is 4.79 Å². The van der Waals surface area contributed by atoms with Gasteiger partial charge in [-0.2, -0.15) is 0 Å². The molecule has 1 heterocycles. The van der Waals surface area contributed by atoms with Crippen molar-refractivity contribution in [2.75, 3.05) is 6.61 Å². The lowest BCUT2D eigenvalue weighted by atomic mass is 10.1. The number of benzene rings is 1. The zero-order valence-electron chi connectivity index (χ0n) is 16.8. The Balaban J connectivity index is 1.52. The van der Waals surface area contributed by atoms with Crippen molar-refractivity contribution in [1.29, 1.82) is 0 Å². The zero-order valence-corrected chi connectivity index (χ0v) is 17.6. The molecule has 1 N–H and O–H groups in total. The number of nitrogens with one attached hydrogen (secondary N) is 1. The molecular weight excluding hydrogens is 354 g/mol. The van der Waals surface area contributed by atoms with Crippen LogP contribution in [-0.4, -0.2) is 11.6 Å². The fraction of sp³-hybridized carbons (Fsp3) is 0.609. The third-order valence-corrected chi connectivity index (χ3v) is 5.62. The van der Waals surface area contributed by atoms with Crippen LogP contribution in [0.1, 0.15) is 84.0 Å². The van der Waals surface area contributed by atoms with Crippen LogP contribution < -0.4 is 9.61 Å². The summed E-state index contributed by atoms with van der Waals surface area (Å²) in [5, 5.41) is 1.86. The number of H-pyrrole nitrogens is 1. The monoisotopic (exact) mass is 389 g/mol. The number of aromatic nitrogens is 1. The van der Waals surface area contributed by atoms with Gasteiger partial charge in [-0.25, -0.2) is 0 Å². The average molecular weight is 390 g/mol. The van der Waals surface area contributed by atoms with Crippen LogP contribution in [0.3, 0.4) is 0 Å². The summed E-state index contributed by atoms with van der Waals surface area (Å²) in [7, 11) is 0. The molecule has 0 saturated carbocycles. The number of thiazole rings is 1. The smallest absolute Gasteiger partial charge is 0.304 e. The first-order chi connectivity index (χ1) is 13.3. The number of unbranched alkanes of at least 4 members (excludes halogenated alkanes) is 11. The second kappa shape index (κ2) is 13.6. The zero-order chi connectivity index (χ0) is 19.2. The molecule has 0 radical (unpaired) electrons. The third-order valence-electron chi connectivity index (χ3n) is 4.95. The molecule has 150 valence electrons. The van der Waals surface area contributed by atoms with Gasteiger partial charge in [-0.3, -0.25) is 4.79 Å². The molecule has 3 nitrogen and oxygen atoms in total. The highest BCUT2D eigenvalue weighted by Gasteiger charge is 2.07. The van der Waals surface area contributed by atoms with Crippen LogP contribution in [0.2, 0.25) is 0 Å². The summed E-state index contributed by atoms with van der Waals surface area (Å²) < 4.78 is 5.98. The Hall–Kier alpha value is -1.55. The Kier molecular flexibility index (Phi) is 10.9. The predicted molar refractivity (Wildman–Crippen MR) is 117 cm³/mol. The summed E-state index contributed by atoms with van der Waals surface area (Å²) in [6.07, 6.45) is 16.2. The van der Waals surface area contributed by atoms with Crippen LogP contribution in [0, 0.1) is 0 Å². The Morgan fingerprint density at radius 3 is 2.04 bits per heavy atom. The van der Waals surface area contributed by atoms with Gasteiger partial charge in [0, 0.05) is 10.9 Å². The Morgan fingerprint density at radius 1 is 0.852 bits per heavy atom. The van der Waals surface area contributed by atoms with Gasteiger partial charge in [-0.15, -0.1) is 0 Å². The van der Waals surface area contributed by atoms with Gasteiger partial charge >= 0.3 is 4.87 Å². The predicted octanol–water partition coefficient (Wildman–Crippen LogP) is 7.18. The van der Waals surface area contributed by atoms with E-state index in [2.05, 4.69) is 11.9 Å². The molecule has 2 rings (SSSR count). The molecule has 1 aromatic carbocycles. The maximum absolute atomic E-state index is 11.4. The van der Waals surface area contributed by atoms with E-state index in [1.54, 1.807) is 0 Å². The molecule has 0 saturated heterocycles. The van der Waals surface area contributed by atoms with E-state index >= 15 is 0 Å². The highest BCUT2D eigenvalue weighted by molar-refractivity contribution is 7.07. The molecule has 27 heavy (non-hydrogen) atoms. The van der Waals surface area contributed by atoms with Crippen molar-refractivity contribution in [3.63, 3.8) is 0 Å². The molecule has 0 fully saturated rings.